The highest BCUT2D eigenvalue weighted by Gasteiger charge is 2.15. The fraction of sp³-hybridized carbons (Fsp3) is 0. The van der Waals surface area contributed by atoms with Crippen molar-refractivity contribution in [2.24, 2.45) is 0 Å². The number of nitrogens with two attached hydrogens (primary N) is 1. The predicted octanol–water partition coefficient (Wildman–Crippen LogP) is 0.417. The SMILES string of the molecule is N#Cc1cnn(-c2ncccc2[ClH+])c1N. The van der Waals surface area contributed by atoms with Gasteiger partial charge in [-0.05, 0) is 6.07 Å². The fourth-order valence-electron chi connectivity index (χ4n) is 1.15. The van der Waals surface area contributed by atoms with E-state index in [0.29, 0.717) is 16.4 Å². The number of nitrogen functional groups attached to an aromatic ring is 1. The summed E-state index contributed by atoms with van der Waals surface area (Å²) in [7, 11) is 0. The summed E-state index contributed by atoms with van der Waals surface area (Å²) in [6.07, 6.45) is 2.98. The normalized spacial score (nSPS) is 9.87. The maximum Gasteiger partial charge on any atom is 0.270 e. The number of hydrogen-bond donors (Lipinski definition) is 1. The average molecular weight is 221 g/mol. The van der Waals surface area contributed by atoms with E-state index in [4.69, 9.17) is 22.6 Å². The minimum atomic E-state index is 0.252. The number of rotatable bonds is 1. The van der Waals surface area contributed by atoms with Gasteiger partial charge in [0.25, 0.3) is 5.02 Å². The van der Waals surface area contributed by atoms with Gasteiger partial charge in [0.2, 0.25) is 5.82 Å². The van der Waals surface area contributed by atoms with Crippen LogP contribution in [-0.4, -0.2) is 14.8 Å². The van der Waals surface area contributed by atoms with Crippen LogP contribution in [0, 0.1) is 22.9 Å². The number of nitrogens with zero attached hydrogens (tertiary/aromatic N) is 4. The molecular weight excluding hydrogens is 214 g/mol. The number of hydrogen-bond acceptors (Lipinski definition) is 4. The molecule has 0 fully saturated rings. The van der Waals surface area contributed by atoms with E-state index in [-0.39, 0.29) is 5.82 Å². The van der Waals surface area contributed by atoms with Crippen molar-refractivity contribution in [3.63, 3.8) is 0 Å². The molecule has 0 aliphatic carbocycles. The van der Waals surface area contributed by atoms with Gasteiger partial charge in [-0.25, -0.2) is 4.98 Å². The van der Waals surface area contributed by atoms with Crippen LogP contribution in [-0.2, 0) is 0 Å². The van der Waals surface area contributed by atoms with Gasteiger partial charge in [0.15, 0.2) is 11.6 Å². The highest BCUT2D eigenvalue weighted by atomic mass is 35.5. The molecule has 0 aromatic carbocycles. The molecule has 0 bridgehead atoms. The maximum atomic E-state index is 8.72. The van der Waals surface area contributed by atoms with Gasteiger partial charge in [0.05, 0.1) is 6.20 Å². The summed E-state index contributed by atoms with van der Waals surface area (Å²) in [5.74, 6) is 0.716. The molecule has 2 N–H and O–H groups in total. The first-order chi connectivity index (χ1) is 7.24. The molecule has 2 heterocycles. The standard InChI is InChI=1S/C9H7ClN5/c10-7-2-1-3-13-9(7)15-8(12)6(4-11)5-14-15/h1-3,5,10H,12H2/q+1. The lowest BCUT2D eigenvalue weighted by Crippen LogP contribution is -2.05. The number of aromatic nitrogens is 3. The van der Waals surface area contributed by atoms with Gasteiger partial charge in [-0.1, -0.05) is 0 Å². The third-order valence-electron chi connectivity index (χ3n) is 1.88. The topological polar surface area (TPSA) is 80.5 Å². The molecule has 2 aromatic rings. The zero-order chi connectivity index (χ0) is 10.8. The van der Waals surface area contributed by atoms with Gasteiger partial charge >= 0.3 is 0 Å². The largest absolute Gasteiger partial charge is 0.382 e. The third-order valence-corrected chi connectivity index (χ3v) is 2.20. The molecule has 0 spiro atoms. The van der Waals surface area contributed by atoms with E-state index >= 15 is 0 Å². The van der Waals surface area contributed by atoms with Gasteiger partial charge < -0.3 is 5.73 Å². The minimum absolute atomic E-state index is 0.252. The Morgan fingerprint density at radius 2 is 2.33 bits per heavy atom. The highest BCUT2D eigenvalue weighted by molar-refractivity contribution is 5.51. The highest BCUT2D eigenvalue weighted by Crippen LogP contribution is 2.17. The van der Waals surface area contributed by atoms with Crippen molar-refractivity contribution in [3.05, 3.63) is 35.1 Å². The van der Waals surface area contributed by atoms with Crippen molar-refractivity contribution < 1.29 is 11.6 Å². The van der Waals surface area contributed by atoms with Crippen LogP contribution in [0.5, 0.6) is 0 Å². The van der Waals surface area contributed by atoms with Crippen LogP contribution in [0.2, 0.25) is 5.02 Å². The van der Waals surface area contributed by atoms with Crippen LogP contribution < -0.4 is 5.73 Å². The van der Waals surface area contributed by atoms with Crippen molar-refractivity contribution in [1.29, 1.82) is 5.26 Å². The van der Waals surface area contributed by atoms with Gasteiger partial charge in [-0.3, -0.25) is 0 Å². The lowest BCUT2D eigenvalue weighted by atomic mass is 10.4. The van der Waals surface area contributed by atoms with Gasteiger partial charge in [-0.2, -0.15) is 15.0 Å². The van der Waals surface area contributed by atoms with Crippen LogP contribution >= 0.6 is 0 Å². The Balaban J connectivity index is 2.61. The summed E-state index contributed by atoms with van der Waals surface area (Å²) >= 11 is 5.08. The molecule has 0 radical (unpaired) electrons. The molecule has 5 nitrogen and oxygen atoms in total. The number of anilines is 1. The second-order valence-corrected chi connectivity index (χ2v) is 3.23. The first kappa shape index (κ1) is 9.49. The van der Waals surface area contributed by atoms with Crippen molar-refractivity contribution >= 4 is 5.82 Å². The van der Waals surface area contributed by atoms with Crippen molar-refractivity contribution in [3.8, 4) is 11.9 Å². The number of pyridine rings is 1. The van der Waals surface area contributed by atoms with Gasteiger partial charge in [0, 0.05) is 12.3 Å². The Morgan fingerprint density at radius 3 is 2.93 bits per heavy atom. The van der Waals surface area contributed by atoms with Gasteiger partial charge in [-0.15, -0.1) is 0 Å². The molecule has 0 atom stereocenters. The van der Waals surface area contributed by atoms with Crippen LogP contribution in [0.15, 0.2) is 24.5 Å². The Morgan fingerprint density at radius 1 is 1.53 bits per heavy atom. The van der Waals surface area contributed by atoms with Crippen molar-refractivity contribution in [1.82, 2.24) is 14.8 Å². The van der Waals surface area contributed by atoms with Gasteiger partial charge in [0.1, 0.15) is 17.5 Å². The molecule has 0 saturated carbocycles. The number of nitriles is 1. The van der Waals surface area contributed by atoms with E-state index in [1.54, 1.807) is 18.3 Å². The Kier molecular flexibility index (Phi) is 2.27. The van der Waals surface area contributed by atoms with Crippen molar-refractivity contribution in [2.45, 2.75) is 0 Å². The molecule has 0 aliphatic heterocycles. The fourth-order valence-corrected chi connectivity index (χ4v) is 1.37. The molecule has 2 rings (SSSR count). The van der Waals surface area contributed by atoms with Crippen LogP contribution in [0.3, 0.4) is 0 Å². The quantitative estimate of drug-likeness (QED) is 0.755. The van der Waals surface area contributed by atoms with E-state index in [2.05, 4.69) is 10.1 Å². The number of halogens is 1. The summed E-state index contributed by atoms with van der Waals surface area (Å²) in [5, 5.41) is 13.2. The minimum Gasteiger partial charge on any atom is -0.382 e. The van der Waals surface area contributed by atoms with Crippen LogP contribution in [0.4, 0.5) is 5.82 Å². The van der Waals surface area contributed by atoms with E-state index in [0.717, 1.165) is 0 Å². The monoisotopic (exact) mass is 220 g/mol. The smallest absolute Gasteiger partial charge is 0.270 e. The molecule has 15 heavy (non-hydrogen) atoms. The summed E-state index contributed by atoms with van der Waals surface area (Å²) in [5.41, 5.74) is 6.02. The third kappa shape index (κ3) is 1.51. The van der Waals surface area contributed by atoms with E-state index in [1.165, 1.54) is 10.9 Å². The molecule has 6 heteroatoms. The molecular formula is C9H7ClN5+. The van der Waals surface area contributed by atoms with Crippen LogP contribution in [0.25, 0.3) is 5.82 Å². The lowest BCUT2D eigenvalue weighted by molar-refractivity contribution is -0.289. The summed E-state index contributed by atoms with van der Waals surface area (Å²) in [6.45, 7) is 0. The van der Waals surface area contributed by atoms with E-state index in [1.807, 2.05) is 6.07 Å². The molecule has 0 amide bonds. The summed E-state index contributed by atoms with van der Waals surface area (Å²) < 4.78 is 1.36. The molecule has 0 unspecified atom stereocenters. The zero-order valence-electron chi connectivity index (χ0n) is 7.58. The van der Waals surface area contributed by atoms with Crippen LogP contribution in [0.1, 0.15) is 5.56 Å². The molecule has 0 saturated heterocycles. The Hall–Kier alpha value is -2.06. The maximum absolute atomic E-state index is 8.72. The average Bonchev–Trinajstić information content (AvgIpc) is 2.60. The second-order valence-electron chi connectivity index (χ2n) is 2.79. The Labute approximate surface area is 90.7 Å². The Bertz CT molecular complexity index is 540. The predicted molar refractivity (Wildman–Crippen MR) is 51.0 cm³/mol. The van der Waals surface area contributed by atoms with Crippen molar-refractivity contribution in [2.75, 3.05) is 5.73 Å². The molecule has 74 valence electrons. The zero-order valence-corrected chi connectivity index (χ0v) is 8.40. The lowest BCUT2D eigenvalue weighted by Gasteiger charge is -2.00. The molecule has 0 aliphatic rings. The molecule has 2 aromatic heterocycles. The van der Waals surface area contributed by atoms with E-state index in [9.17, 15) is 0 Å². The first-order valence-electron chi connectivity index (χ1n) is 4.10. The summed E-state index contributed by atoms with van der Waals surface area (Å²) in [6, 6.07) is 5.39. The van der Waals surface area contributed by atoms with E-state index < -0.39 is 0 Å². The first-order valence-corrected chi connectivity index (χ1v) is 4.51. The summed E-state index contributed by atoms with van der Waals surface area (Å²) in [4.78, 5) is 4.06. The second kappa shape index (κ2) is 3.59.